The van der Waals surface area contributed by atoms with Crippen LogP contribution in [0.3, 0.4) is 0 Å². The highest BCUT2D eigenvalue weighted by atomic mass is 35.5. The number of hydrogen-bond donors (Lipinski definition) is 1. The molecule has 0 aliphatic heterocycles. The van der Waals surface area contributed by atoms with Gasteiger partial charge < -0.3 is 5.32 Å². The largest absolute Gasteiger partial charge is 0.376 e. The van der Waals surface area contributed by atoms with E-state index in [0.29, 0.717) is 12.2 Å². The molecule has 1 aromatic carbocycles. The van der Waals surface area contributed by atoms with Crippen molar-refractivity contribution in [2.24, 2.45) is 0 Å². The van der Waals surface area contributed by atoms with Crippen LogP contribution < -0.4 is 5.32 Å². The van der Waals surface area contributed by atoms with Crippen molar-refractivity contribution >= 4 is 40.2 Å². The van der Waals surface area contributed by atoms with Gasteiger partial charge in [-0.1, -0.05) is 23.2 Å². The van der Waals surface area contributed by atoms with Gasteiger partial charge in [-0.25, -0.2) is 9.37 Å². The Morgan fingerprint density at radius 2 is 2.00 bits per heavy atom. The number of aryl methyl sites for hydroxylation is 1. The Labute approximate surface area is 112 Å². The van der Waals surface area contributed by atoms with Crippen molar-refractivity contribution in [1.29, 1.82) is 0 Å². The predicted octanol–water partition coefficient (Wildman–Crippen LogP) is 4.51. The van der Waals surface area contributed by atoms with Gasteiger partial charge in [-0.2, -0.15) is 0 Å². The summed E-state index contributed by atoms with van der Waals surface area (Å²) in [5.41, 5.74) is 1.51. The molecular weight excluding hydrogens is 282 g/mol. The van der Waals surface area contributed by atoms with E-state index in [1.807, 2.05) is 12.3 Å². The quantitative estimate of drug-likeness (QED) is 0.900. The molecule has 2 rings (SSSR count). The highest BCUT2D eigenvalue weighted by Crippen LogP contribution is 2.31. The third kappa shape index (κ3) is 3.09. The molecule has 0 spiro atoms. The summed E-state index contributed by atoms with van der Waals surface area (Å²) >= 11 is 13.4. The Morgan fingerprint density at radius 1 is 1.35 bits per heavy atom. The van der Waals surface area contributed by atoms with E-state index in [1.165, 1.54) is 12.1 Å². The van der Waals surface area contributed by atoms with E-state index >= 15 is 0 Å². The highest BCUT2D eigenvalue weighted by Gasteiger charge is 2.08. The molecule has 0 atom stereocenters. The molecular formula is C11H9Cl2FN2S. The molecule has 6 heteroatoms. The summed E-state index contributed by atoms with van der Waals surface area (Å²) in [6, 6.07) is 2.45. The second kappa shape index (κ2) is 5.21. The standard InChI is InChI=1S/C11H9Cl2FN2S/c1-6-5-17-10(16-6)4-15-11-8(12)2-7(14)3-9(11)13/h2-3,5,15H,4H2,1H3. The summed E-state index contributed by atoms with van der Waals surface area (Å²) in [5.74, 6) is -0.448. The molecule has 2 aromatic rings. The monoisotopic (exact) mass is 290 g/mol. The maximum Gasteiger partial charge on any atom is 0.126 e. The van der Waals surface area contributed by atoms with E-state index in [9.17, 15) is 4.39 Å². The zero-order valence-electron chi connectivity index (χ0n) is 8.93. The van der Waals surface area contributed by atoms with Crippen LogP contribution in [0.2, 0.25) is 10.0 Å². The van der Waals surface area contributed by atoms with Crippen molar-refractivity contribution in [3.63, 3.8) is 0 Å². The predicted molar refractivity (Wildman–Crippen MR) is 70.6 cm³/mol. The lowest BCUT2D eigenvalue weighted by atomic mass is 10.3. The summed E-state index contributed by atoms with van der Waals surface area (Å²) in [4.78, 5) is 4.30. The van der Waals surface area contributed by atoms with Crippen LogP contribution in [0.4, 0.5) is 10.1 Å². The van der Waals surface area contributed by atoms with Crippen LogP contribution in [0.25, 0.3) is 0 Å². The van der Waals surface area contributed by atoms with Gasteiger partial charge in [0, 0.05) is 11.1 Å². The molecule has 0 unspecified atom stereocenters. The fourth-order valence-electron chi connectivity index (χ4n) is 1.36. The molecule has 17 heavy (non-hydrogen) atoms. The third-order valence-corrected chi connectivity index (χ3v) is 3.65. The number of rotatable bonds is 3. The van der Waals surface area contributed by atoms with Gasteiger partial charge in [0.05, 0.1) is 22.3 Å². The number of hydrogen-bond acceptors (Lipinski definition) is 3. The Bertz CT molecular complexity index is 519. The number of benzene rings is 1. The number of anilines is 1. The van der Waals surface area contributed by atoms with Crippen LogP contribution in [0.15, 0.2) is 17.5 Å². The van der Waals surface area contributed by atoms with Gasteiger partial charge in [0.1, 0.15) is 10.8 Å². The van der Waals surface area contributed by atoms with Gasteiger partial charge in [-0.15, -0.1) is 11.3 Å². The van der Waals surface area contributed by atoms with Crippen molar-refractivity contribution in [1.82, 2.24) is 4.98 Å². The fourth-order valence-corrected chi connectivity index (χ4v) is 2.66. The van der Waals surface area contributed by atoms with Crippen molar-refractivity contribution in [3.8, 4) is 0 Å². The van der Waals surface area contributed by atoms with Crippen LogP contribution in [0.5, 0.6) is 0 Å². The number of aromatic nitrogens is 1. The average molecular weight is 291 g/mol. The van der Waals surface area contributed by atoms with Crippen molar-refractivity contribution in [3.05, 3.63) is 44.1 Å². The van der Waals surface area contributed by atoms with Gasteiger partial charge >= 0.3 is 0 Å². The molecule has 0 bridgehead atoms. The topological polar surface area (TPSA) is 24.9 Å². The lowest BCUT2D eigenvalue weighted by Gasteiger charge is -2.09. The zero-order chi connectivity index (χ0) is 12.4. The molecule has 0 saturated carbocycles. The van der Waals surface area contributed by atoms with Crippen LogP contribution in [0, 0.1) is 12.7 Å². The molecule has 0 fully saturated rings. The lowest BCUT2D eigenvalue weighted by molar-refractivity contribution is 0.628. The van der Waals surface area contributed by atoms with E-state index in [-0.39, 0.29) is 10.0 Å². The van der Waals surface area contributed by atoms with E-state index in [0.717, 1.165) is 10.7 Å². The molecule has 1 heterocycles. The molecule has 0 amide bonds. The minimum absolute atomic E-state index is 0.267. The van der Waals surface area contributed by atoms with Crippen LogP contribution in [-0.4, -0.2) is 4.98 Å². The first-order chi connectivity index (χ1) is 8.06. The average Bonchev–Trinajstić information content (AvgIpc) is 2.62. The number of thiazole rings is 1. The van der Waals surface area contributed by atoms with Gasteiger partial charge in [0.15, 0.2) is 0 Å². The maximum absolute atomic E-state index is 13.0. The summed E-state index contributed by atoms with van der Waals surface area (Å²) in [5, 5.41) is 6.48. The fraction of sp³-hybridized carbons (Fsp3) is 0.182. The molecule has 1 N–H and O–H groups in total. The summed E-state index contributed by atoms with van der Waals surface area (Å²) in [7, 11) is 0. The van der Waals surface area contributed by atoms with Gasteiger partial charge in [0.25, 0.3) is 0 Å². The number of nitrogens with one attached hydrogen (secondary N) is 1. The highest BCUT2D eigenvalue weighted by molar-refractivity contribution is 7.09. The molecule has 2 nitrogen and oxygen atoms in total. The lowest BCUT2D eigenvalue weighted by Crippen LogP contribution is -2.00. The SMILES string of the molecule is Cc1csc(CNc2c(Cl)cc(F)cc2Cl)n1. The van der Waals surface area contributed by atoms with Crippen LogP contribution in [0.1, 0.15) is 10.7 Å². The van der Waals surface area contributed by atoms with E-state index in [2.05, 4.69) is 10.3 Å². The minimum atomic E-state index is -0.448. The summed E-state index contributed by atoms with van der Waals surface area (Å²) < 4.78 is 13.0. The minimum Gasteiger partial charge on any atom is -0.376 e. The maximum atomic E-state index is 13.0. The zero-order valence-corrected chi connectivity index (χ0v) is 11.3. The van der Waals surface area contributed by atoms with Gasteiger partial charge in [-0.05, 0) is 19.1 Å². The second-order valence-electron chi connectivity index (χ2n) is 3.48. The van der Waals surface area contributed by atoms with Crippen LogP contribution >= 0.6 is 34.5 Å². The molecule has 0 radical (unpaired) electrons. The van der Waals surface area contributed by atoms with Crippen molar-refractivity contribution in [2.45, 2.75) is 13.5 Å². The van der Waals surface area contributed by atoms with E-state index in [4.69, 9.17) is 23.2 Å². The molecule has 90 valence electrons. The van der Waals surface area contributed by atoms with Crippen molar-refractivity contribution < 1.29 is 4.39 Å². The van der Waals surface area contributed by atoms with Crippen LogP contribution in [-0.2, 0) is 6.54 Å². The molecule has 0 saturated heterocycles. The number of nitrogens with zero attached hydrogens (tertiary/aromatic N) is 1. The first-order valence-corrected chi connectivity index (χ1v) is 6.49. The summed E-state index contributed by atoms with van der Waals surface area (Å²) in [6.07, 6.45) is 0. The Morgan fingerprint density at radius 3 is 2.53 bits per heavy atom. The first-order valence-electron chi connectivity index (χ1n) is 4.85. The van der Waals surface area contributed by atoms with Gasteiger partial charge in [-0.3, -0.25) is 0 Å². The molecule has 0 aliphatic carbocycles. The van der Waals surface area contributed by atoms with E-state index < -0.39 is 5.82 Å². The van der Waals surface area contributed by atoms with Crippen molar-refractivity contribution in [2.75, 3.05) is 5.32 Å². The molecule has 0 aliphatic rings. The van der Waals surface area contributed by atoms with E-state index in [1.54, 1.807) is 11.3 Å². The first kappa shape index (κ1) is 12.6. The number of halogens is 3. The third-order valence-electron chi connectivity index (χ3n) is 2.09. The Hall–Kier alpha value is -0.840. The smallest absolute Gasteiger partial charge is 0.126 e. The summed E-state index contributed by atoms with van der Waals surface area (Å²) in [6.45, 7) is 2.45. The normalized spacial score (nSPS) is 10.6. The molecule has 1 aromatic heterocycles. The second-order valence-corrected chi connectivity index (χ2v) is 5.24. The Balaban J connectivity index is 2.14. The van der Waals surface area contributed by atoms with Gasteiger partial charge in [0.2, 0.25) is 0 Å². The Kier molecular flexibility index (Phi) is 3.86.